The molecule has 2 aromatic rings. The van der Waals surface area contributed by atoms with E-state index in [4.69, 9.17) is 10.5 Å². The van der Waals surface area contributed by atoms with Crippen molar-refractivity contribution in [3.05, 3.63) is 94.1 Å². The van der Waals surface area contributed by atoms with Crippen LogP contribution in [0.5, 0.6) is 0 Å². The summed E-state index contributed by atoms with van der Waals surface area (Å²) >= 11 is 0. The third-order valence-electron chi connectivity index (χ3n) is 4.42. The highest BCUT2D eigenvalue weighted by atomic mass is 16.5. The van der Waals surface area contributed by atoms with Crippen LogP contribution in [0.25, 0.3) is 0 Å². The van der Waals surface area contributed by atoms with Crippen LogP contribution < -0.4 is 5.73 Å². The topological polar surface area (TPSA) is 93.2 Å². The fourth-order valence-electron chi connectivity index (χ4n) is 3.29. The van der Waals surface area contributed by atoms with Crippen molar-refractivity contribution in [1.29, 1.82) is 5.26 Å². The molecule has 0 amide bonds. The first kappa shape index (κ1) is 14.9. The molecule has 1 atom stereocenters. The van der Waals surface area contributed by atoms with Crippen molar-refractivity contribution in [2.24, 2.45) is 5.73 Å². The van der Waals surface area contributed by atoms with E-state index in [1.54, 1.807) is 48.5 Å². The van der Waals surface area contributed by atoms with E-state index in [0.717, 1.165) is 0 Å². The number of fused-ring (bicyclic) bond motifs is 1. The molecule has 120 valence electrons. The van der Waals surface area contributed by atoms with Gasteiger partial charge in [0.05, 0.1) is 11.5 Å². The zero-order chi connectivity index (χ0) is 17.6. The first-order chi connectivity index (χ1) is 12.1. The van der Waals surface area contributed by atoms with E-state index in [1.807, 2.05) is 12.1 Å². The van der Waals surface area contributed by atoms with Gasteiger partial charge < -0.3 is 10.5 Å². The molecule has 2 N–H and O–H groups in total. The van der Waals surface area contributed by atoms with Crippen LogP contribution in [0.4, 0.5) is 0 Å². The zero-order valence-electron chi connectivity index (χ0n) is 13.0. The van der Waals surface area contributed by atoms with Crippen LogP contribution >= 0.6 is 0 Å². The molecule has 1 aliphatic heterocycles. The molecule has 0 saturated heterocycles. The highest BCUT2D eigenvalue weighted by Gasteiger charge is 2.43. The van der Waals surface area contributed by atoms with Crippen molar-refractivity contribution in [2.75, 3.05) is 0 Å². The summed E-state index contributed by atoms with van der Waals surface area (Å²) < 4.78 is 5.43. The largest absolute Gasteiger partial charge is 0.436 e. The fourth-order valence-corrected chi connectivity index (χ4v) is 3.29. The summed E-state index contributed by atoms with van der Waals surface area (Å²) in [5, 5.41) is 9.54. The lowest BCUT2D eigenvalue weighted by Gasteiger charge is -2.30. The summed E-state index contributed by atoms with van der Waals surface area (Å²) in [6.07, 6.45) is 0. The maximum atomic E-state index is 13.1. The predicted molar refractivity (Wildman–Crippen MR) is 89.2 cm³/mol. The van der Waals surface area contributed by atoms with Crippen molar-refractivity contribution in [1.82, 2.24) is 0 Å². The Morgan fingerprint density at radius 3 is 2.16 bits per heavy atom. The molecule has 5 heteroatoms. The lowest BCUT2D eigenvalue weighted by molar-refractivity contribution is 0.0897. The molecular formula is C20H12N2O3. The Morgan fingerprint density at radius 2 is 1.52 bits per heavy atom. The van der Waals surface area contributed by atoms with Gasteiger partial charge in [0, 0.05) is 11.1 Å². The number of Topliss-reactive ketones (excluding diaryl/α,β-unsaturated/α-hetero) is 2. The molecule has 0 radical (unpaired) electrons. The summed E-state index contributed by atoms with van der Waals surface area (Å²) in [7, 11) is 0. The van der Waals surface area contributed by atoms with Crippen molar-refractivity contribution < 1.29 is 14.3 Å². The molecule has 0 unspecified atom stereocenters. The van der Waals surface area contributed by atoms with Crippen LogP contribution in [-0.2, 0) is 4.74 Å². The Hall–Kier alpha value is -3.65. The minimum absolute atomic E-state index is 0.0888. The Labute approximate surface area is 143 Å². The molecule has 2 aromatic carbocycles. The molecule has 1 aliphatic carbocycles. The van der Waals surface area contributed by atoms with E-state index in [2.05, 4.69) is 0 Å². The molecule has 1 heterocycles. The van der Waals surface area contributed by atoms with Gasteiger partial charge >= 0.3 is 0 Å². The van der Waals surface area contributed by atoms with Gasteiger partial charge in [0.25, 0.3) is 0 Å². The van der Waals surface area contributed by atoms with Crippen LogP contribution in [0.2, 0.25) is 0 Å². The molecule has 5 nitrogen and oxygen atoms in total. The van der Waals surface area contributed by atoms with Gasteiger partial charge in [0.2, 0.25) is 11.7 Å². The first-order valence-corrected chi connectivity index (χ1v) is 7.68. The molecule has 25 heavy (non-hydrogen) atoms. The molecule has 0 spiro atoms. The van der Waals surface area contributed by atoms with Crippen LogP contribution in [0.1, 0.15) is 32.2 Å². The average Bonchev–Trinajstić information content (AvgIpc) is 2.66. The van der Waals surface area contributed by atoms with Crippen molar-refractivity contribution in [2.45, 2.75) is 5.92 Å². The quantitative estimate of drug-likeness (QED) is 0.869. The summed E-state index contributed by atoms with van der Waals surface area (Å²) in [4.78, 5) is 25.9. The highest BCUT2D eigenvalue weighted by Crippen LogP contribution is 2.43. The Morgan fingerprint density at radius 1 is 0.920 bits per heavy atom. The van der Waals surface area contributed by atoms with Gasteiger partial charge in [-0.05, 0) is 5.56 Å². The van der Waals surface area contributed by atoms with Crippen molar-refractivity contribution >= 4 is 11.6 Å². The summed E-state index contributed by atoms with van der Waals surface area (Å²) in [5.74, 6) is -1.67. The standard InChI is InChI=1S/C20H12N2O3/c21-10-14-15(11-6-2-1-3-7-11)16-17(23)12-8-4-5-9-13(12)18(24)19(16)25-20(14)22/h1-9,15H,22H2/t15-/m0/s1. The van der Waals surface area contributed by atoms with Gasteiger partial charge in [-0.3, -0.25) is 9.59 Å². The molecular weight excluding hydrogens is 316 g/mol. The molecule has 0 fully saturated rings. The third kappa shape index (κ3) is 2.08. The number of carbonyl (C=O) groups is 2. The lowest BCUT2D eigenvalue weighted by atomic mass is 9.75. The summed E-state index contributed by atoms with van der Waals surface area (Å²) in [5.41, 5.74) is 7.49. The van der Waals surface area contributed by atoms with E-state index in [0.29, 0.717) is 11.1 Å². The summed E-state index contributed by atoms with van der Waals surface area (Å²) in [6, 6.07) is 17.6. The number of carbonyl (C=O) groups excluding carboxylic acids is 2. The number of rotatable bonds is 1. The normalized spacial score (nSPS) is 19.1. The van der Waals surface area contributed by atoms with Gasteiger partial charge in [0.15, 0.2) is 11.5 Å². The second kappa shape index (κ2) is 5.46. The molecule has 2 aliphatic rings. The minimum Gasteiger partial charge on any atom is -0.436 e. The number of nitrogens with two attached hydrogens (primary N) is 1. The average molecular weight is 328 g/mol. The molecule has 0 aromatic heterocycles. The smallest absolute Gasteiger partial charge is 0.229 e. The van der Waals surface area contributed by atoms with Gasteiger partial charge in [-0.2, -0.15) is 5.26 Å². The SMILES string of the molecule is N#CC1=C(N)OC2=C(C(=O)c3ccccc3C2=O)[C@H]1c1ccccc1. The van der Waals surface area contributed by atoms with Crippen LogP contribution in [0, 0.1) is 11.3 Å². The van der Waals surface area contributed by atoms with E-state index >= 15 is 0 Å². The molecule has 0 bridgehead atoms. The van der Waals surface area contributed by atoms with Gasteiger partial charge in [-0.15, -0.1) is 0 Å². The monoisotopic (exact) mass is 328 g/mol. The molecule has 4 rings (SSSR count). The minimum atomic E-state index is -0.722. The van der Waals surface area contributed by atoms with E-state index in [9.17, 15) is 14.9 Å². The number of nitriles is 1. The Kier molecular flexibility index (Phi) is 3.26. The van der Waals surface area contributed by atoms with Crippen molar-refractivity contribution in [3.63, 3.8) is 0 Å². The predicted octanol–water partition coefficient (Wildman–Crippen LogP) is 2.83. The van der Waals surface area contributed by atoms with E-state index < -0.39 is 11.7 Å². The first-order valence-electron chi connectivity index (χ1n) is 7.68. The molecule has 0 saturated carbocycles. The third-order valence-corrected chi connectivity index (χ3v) is 4.42. The summed E-state index contributed by atoms with van der Waals surface area (Å²) in [6.45, 7) is 0. The van der Waals surface area contributed by atoms with Gasteiger partial charge in [0.1, 0.15) is 11.6 Å². The van der Waals surface area contributed by atoms with Crippen molar-refractivity contribution in [3.8, 4) is 6.07 Å². The lowest BCUT2D eigenvalue weighted by Crippen LogP contribution is -2.32. The number of ether oxygens (including phenoxy) is 1. The number of ketones is 2. The fraction of sp³-hybridized carbons (Fsp3) is 0.0500. The number of allylic oxidation sites excluding steroid dienone is 3. The van der Waals surface area contributed by atoms with Crippen LogP contribution in [0.3, 0.4) is 0 Å². The van der Waals surface area contributed by atoms with Crippen LogP contribution in [-0.4, -0.2) is 11.6 Å². The maximum absolute atomic E-state index is 13.1. The van der Waals surface area contributed by atoms with E-state index in [1.165, 1.54) is 0 Å². The Balaban J connectivity index is 1.99. The van der Waals surface area contributed by atoms with Crippen LogP contribution in [0.15, 0.2) is 77.4 Å². The number of nitrogens with zero attached hydrogens (tertiary/aromatic N) is 1. The van der Waals surface area contributed by atoms with Gasteiger partial charge in [-0.25, -0.2) is 0 Å². The zero-order valence-corrected chi connectivity index (χ0v) is 13.0. The second-order valence-corrected chi connectivity index (χ2v) is 5.78. The van der Waals surface area contributed by atoms with E-state index in [-0.39, 0.29) is 34.1 Å². The number of benzene rings is 2. The number of hydrogen-bond acceptors (Lipinski definition) is 5. The second-order valence-electron chi connectivity index (χ2n) is 5.78. The van der Waals surface area contributed by atoms with Gasteiger partial charge in [-0.1, -0.05) is 54.6 Å². The maximum Gasteiger partial charge on any atom is 0.229 e. The number of hydrogen-bond donors (Lipinski definition) is 1. The highest BCUT2D eigenvalue weighted by molar-refractivity contribution is 6.27. The Bertz CT molecular complexity index is 1030.